The number of amides is 2. The van der Waals surface area contributed by atoms with Crippen LogP contribution in [0.15, 0.2) is 57.7 Å². The Morgan fingerprint density at radius 3 is 2.57 bits per heavy atom. The highest BCUT2D eigenvalue weighted by Gasteiger charge is 2.09. The first-order valence-corrected chi connectivity index (χ1v) is 8.81. The molecule has 28 heavy (non-hydrogen) atoms. The first-order chi connectivity index (χ1) is 13.4. The lowest BCUT2D eigenvalue weighted by Crippen LogP contribution is -2.21. The minimum absolute atomic E-state index is 0.104. The van der Waals surface area contributed by atoms with Gasteiger partial charge in [-0.15, -0.1) is 0 Å². The standard InChI is InChI=1S/C21H20N2O5/c1-3-19(24)22-15-7-4-13(2)17(10-15)23-20(25)12-27-16-8-5-14-6-9-21(26)28-18(14)11-16/h4-11H,3,12H2,1-2H3,(H,22,24)(H,23,25). The van der Waals surface area contributed by atoms with Crippen LogP contribution in [0.4, 0.5) is 11.4 Å². The maximum Gasteiger partial charge on any atom is 0.336 e. The van der Waals surface area contributed by atoms with Gasteiger partial charge in [0.05, 0.1) is 0 Å². The lowest BCUT2D eigenvalue weighted by Gasteiger charge is -2.12. The van der Waals surface area contributed by atoms with E-state index in [9.17, 15) is 14.4 Å². The molecule has 2 aromatic carbocycles. The van der Waals surface area contributed by atoms with Crippen molar-refractivity contribution in [3.05, 3.63) is 64.5 Å². The van der Waals surface area contributed by atoms with Gasteiger partial charge >= 0.3 is 5.63 Å². The molecule has 0 unspecified atom stereocenters. The van der Waals surface area contributed by atoms with Crippen LogP contribution in [0.5, 0.6) is 5.75 Å². The SMILES string of the molecule is CCC(=O)Nc1ccc(C)c(NC(=O)COc2ccc3ccc(=O)oc3c2)c1. The number of hydrogen-bond donors (Lipinski definition) is 2. The monoisotopic (exact) mass is 380 g/mol. The summed E-state index contributed by atoms with van der Waals surface area (Å²) in [4.78, 5) is 35.1. The van der Waals surface area contributed by atoms with E-state index in [4.69, 9.17) is 9.15 Å². The zero-order chi connectivity index (χ0) is 20.1. The molecule has 2 N–H and O–H groups in total. The fraction of sp³-hybridized carbons (Fsp3) is 0.190. The van der Waals surface area contributed by atoms with Crippen molar-refractivity contribution in [2.45, 2.75) is 20.3 Å². The van der Waals surface area contributed by atoms with E-state index in [2.05, 4.69) is 10.6 Å². The molecular weight excluding hydrogens is 360 g/mol. The van der Waals surface area contributed by atoms with Gasteiger partial charge in [0, 0.05) is 35.3 Å². The molecule has 0 aliphatic rings. The molecule has 0 radical (unpaired) electrons. The van der Waals surface area contributed by atoms with E-state index in [0.717, 1.165) is 10.9 Å². The van der Waals surface area contributed by atoms with Gasteiger partial charge in [-0.25, -0.2) is 4.79 Å². The van der Waals surface area contributed by atoms with Gasteiger partial charge in [0.1, 0.15) is 11.3 Å². The Labute approximate surface area is 161 Å². The second kappa shape index (κ2) is 8.39. The number of ether oxygens (including phenoxy) is 1. The molecule has 0 saturated heterocycles. The smallest absolute Gasteiger partial charge is 0.336 e. The van der Waals surface area contributed by atoms with E-state index in [1.54, 1.807) is 43.3 Å². The second-order valence-corrected chi connectivity index (χ2v) is 6.22. The Kier molecular flexibility index (Phi) is 5.74. The van der Waals surface area contributed by atoms with Crippen molar-refractivity contribution in [1.82, 2.24) is 0 Å². The Balaban J connectivity index is 1.65. The number of benzene rings is 2. The summed E-state index contributed by atoms with van der Waals surface area (Å²) >= 11 is 0. The average Bonchev–Trinajstić information content (AvgIpc) is 2.68. The minimum atomic E-state index is -0.451. The Bertz CT molecular complexity index is 1090. The average molecular weight is 380 g/mol. The van der Waals surface area contributed by atoms with E-state index in [0.29, 0.717) is 29.1 Å². The van der Waals surface area contributed by atoms with Gasteiger partial charge in [-0.3, -0.25) is 9.59 Å². The largest absolute Gasteiger partial charge is 0.484 e. The van der Waals surface area contributed by atoms with E-state index in [1.807, 2.05) is 13.0 Å². The third-order valence-corrected chi connectivity index (χ3v) is 4.08. The highest BCUT2D eigenvalue weighted by atomic mass is 16.5. The fourth-order valence-corrected chi connectivity index (χ4v) is 2.55. The number of aryl methyl sites for hydroxylation is 1. The number of fused-ring (bicyclic) bond motifs is 1. The van der Waals surface area contributed by atoms with Crippen molar-refractivity contribution in [3.8, 4) is 5.75 Å². The molecule has 144 valence electrons. The van der Waals surface area contributed by atoms with Crippen molar-refractivity contribution in [1.29, 1.82) is 0 Å². The third kappa shape index (κ3) is 4.76. The van der Waals surface area contributed by atoms with Crippen molar-refractivity contribution in [2.75, 3.05) is 17.2 Å². The van der Waals surface area contributed by atoms with E-state index >= 15 is 0 Å². The quantitative estimate of drug-likeness (QED) is 0.638. The lowest BCUT2D eigenvalue weighted by molar-refractivity contribution is -0.118. The zero-order valence-electron chi connectivity index (χ0n) is 15.6. The Morgan fingerprint density at radius 1 is 1.00 bits per heavy atom. The normalized spacial score (nSPS) is 10.5. The molecule has 2 amide bonds. The predicted octanol–water partition coefficient (Wildman–Crippen LogP) is 3.47. The van der Waals surface area contributed by atoms with Crippen LogP contribution in [0.25, 0.3) is 11.0 Å². The summed E-state index contributed by atoms with van der Waals surface area (Å²) in [7, 11) is 0. The summed E-state index contributed by atoms with van der Waals surface area (Å²) in [6.07, 6.45) is 0.370. The van der Waals surface area contributed by atoms with Crippen molar-refractivity contribution in [3.63, 3.8) is 0 Å². The summed E-state index contributed by atoms with van der Waals surface area (Å²) in [5.74, 6) is -0.0400. The molecule has 0 fully saturated rings. The van der Waals surface area contributed by atoms with Crippen LogP contribution in [0.1, 0.15) is 18.9 Å². The molecule has 0 saturated carbocycles. The molecule has 0 spiro atoms. The first-order valence-electron chi connectivity index (χ1n) is 8.81. The van der Waals surface area contributed by atoms with Gasteiger partial charge in [0.2, 0.25) is 5.91 Å². The summed E-state index contributed by atoms with van der Waals surface area (Å²) in [6.45, 7) is 3.41. The highest BCUT2D eigenvalue weighted by Crippen LogP contribution is 2.21. The summed E-state index contributed by atoms with van der Waals surface area (Å²) in [5, 5.41) is 6.29. The van der Waals surface area contributed by atoms with Crippen molar-refractivity contribution in [2.24, 2.45) is 0 Å². The first kappa shape index (κ1) is 19.2. The molecule has 1 aromatic heterocycles. The van der Waals surface area contributed by atoms with Crippen LogP contribution in [-0.2, 0) is 9.59 Å². The Hall–Kier alpha value is -3.61. The number of anilines is 2. The number of hydrogen-bond acceptors (Lipinski definition) is 5. The summed E-state index contributed by atoms with van der Waals surface area (Å²) < 4.78 is 10.6. The van der Waals surface area contributed by atoms with Gasteiger partial charge < -0.3 is 19.8 Å². The zero-order valence-corrected chi connectivity index (χ0v) is 15.6. The maximum atomic E-state index is 12.2. The van der Waals surface area contributed by atoms with Crippen molar-refractivity contribution >= 4 is 34.2 Å². The third-order valence-electron chi connectivity index (χ3n) is 4.08. The molecule has 3 rings (SSSR count). The molecule has 3 aromatic rings. The molecule has 7 heteroatoms. The minimum Gasteiger partial charge on any atom is -0.484 e. The van der Waals surface area contributed by atoms with E-state index in [-0.39, 0.29) is 18.4 Å². The molecule has 0 aliphatic carbocycles. The second-order valence-electron chi connectivity index (χ2n) is 6.22. The fourth-order valence-electron chi connectivity index (χ4n) is 2.55. The van der Waals surface area contributed by atoms with Crippen LogP contribution in [-0.4, -0.2) is 18.4 Å². The number of carbonyl (C=O) groups excluding carboxylic acids is 2. The van der Waals surface area contributed by atoms with Gasteiger partial charge in [-0.1, -0.05) is 13.0 Å². The van der Waals surface area contributed by atoms with Crippen LogP contribution in [0, 0.1) is 6.92 Å². The van der Waals surface area contributed by atoms with Gasteiger partial charge in [-0.05, 0) is 42.8 Å². The number of rotatable bonds is 6. The predicted molar refractivity (Wildman–Crippen MR) is 107 cm³/mol. The van der Waals surface area contributed by atoms with Crippen LogP contribution >= 0.6 is 0 Å². The molecule has 7 nitrogen and oxygen atoms in total. The molecule has 1 heterocycles. The van der Waals surface area contributed by atoms with E-state index < -0.39 is 5.63 Å². The summed E-state index contributed by atoms with van der Waals surface area (Å²) in [6, 6.07) is 13.3. The van der Waals surface area contributed by atoms with Gasteiger partial charge in [-0.2, -0.15) is 0 Å². The van der Waals surface area contributed by atoms with E-state index in [1.165, 1.54) is 6.07 Å². The maximum absolute atomic E-state index is 12.2. The topological polar surface area (TPSA) is 97.6 Å². The molecular formula is C21H20N2O5. The Morgan fingerprint density at radius 2 is 1.79 bits per heavy atom. The van der Waals surface area contributed by atoms with Crippen molar-refractivity contribution < 1.29 is 18.7 Å². The van der Waals surface area contributed by atoms with Crippen LogP contribution in [0.2, 0.25) is 0 Å². The highest BCUT2D eigenvalue weighted by molar-refractivity contribution is 5.95. The van der Waals surface area contributed by atoms with Crippen LogP contribution in [0.3, 0.4) is 0 Å². The molecule has 0 aliphatic heterocycles. The van der Waals surface area contributed by atoms with Gasteiger partial charge in [0.25, 0.3) is 5.91 Å². The summed E-state index contributed by atoms with van der Waals surface area (Å²) in [5.41, 5.74) is 1.99. The molecule has 0 bridgehead atoms. The van der Waals surface area contributed by atoms with Crippen LogP contribution < -0.4 is 21.0 Å². The van der Waals surface area contributed by atoms with Gasteiger partial charge in [0.15, 0.2) is 6.61 Å². The number of nitrogens with one attached hydrogen (secondary N) is 2. The lowest BCUT2D eigenvalue weighted by atomic mass is 10.1. The number of carbonyl (C=O) groups is 2. The molecule has 0 atom stereocenters.